The lowest BCUT2D eigenvalue weighted by atomic mass is 9.94. The molecule has 0 radical (unpaired) electrons. The first-order valence-corrected chi connectivity index (χ1v) is 9.36. The van der Waals surface area contributed by atoms with Gasteiger partial charge in [-0.3, -0.25) is 0 Å². The van der Waals surface area contributed by atoms with Crippen molar-refractivity contribution in [2.45, 2.75) is 46.2 Å². The van der Waals surface area contributed by atoms with Gasteiger partial charge >= 0.3 is 6.03 Å². The predicted molar refractivity (Wildman–Crippen MR) is 103 cm³/mol. The zero-order chi connectivity index (χ0) is 18.4. The minimum Gasteiger partial charge on any atom is -0.396 e. The fraction of sp³-hybridized carbons (Fsp3) is 0.650. The molecule has 1 aromatic carbocycles. The van der Waals surface area contributed by atoms with Gasteiger partial charge in [-0.1, -0.05) is 32.0 Å². The highest BCUT2D eigenvalue weighted by Crippen LogP contribution is 2.26. The van der Waals surface area contributed by atoms with E-state index in [2.05, 4.69) is 50.2 Å². The number of fused-ring (bicyclic) bond motifs is 1. The summed E-state index contributed by atoms with van der Waals surface area (Å²) in [5, 5.41) is 12.4. The molecule has 2 rings (SSSR count). The molecule has 1 heterocycles. The number of aliphatic hydroxyl groups is 1. The van der Waals surface area contributed by atoms with Crippen LogP contribution in [0, 0.1) is 11.8 Å². The summed E-state index contributed by atoms with van der Waals surface area (Å²) in [6.07, 6.45) is 1.75. The molecule has 2 atom stereocenters. The van der Waals surface area contributed by atoms with Crippen LogP contribution in [-0.4, -0.2) is 48.8 Å². The largest absolute Gasteiger partial charge is 0.396 e. The molecule has 0 fully saturated rings. The maximum Gasteiger partial charge on any atom is 0.318 e. The molecule has 1 aliphatic heterocycles. The van der Waals surface area contributed by atoms with Crippen LogP contribution in [0.1, 0.15) is 39.2 Å². The molecule has 0 bridgehead atoms. The molecule has 5 nitrogen and oxygen atoms in total. The Bertz CT molecular complexity index is 562. The van der Waals surface area contributed by atoms with Crippen molar-refractivity contribution in [3.8, 4) is 0 Å². The number of hydrogen-bond donors (Lipinski definition) is 2. The highest BCUT2D eigenvalue weighted by molar-refractivity contribution is 5.75. The number of nitrogens with zero attached hydrogens (tertiary/aromatic N) is 2. The van der Waals surface area contributed by atoms with Crippen LogP contribution in [0.5, 0.6) is 0 Å². The van der Waals surface area contributed by atoms with Crippen LogP contribution in [0.25, 0.3) is 0 Å². The van der Waals surface area contributed by atoms with Gasteiger partial charge in [0.05, 0.1) is 0 Å². The Balaban J connectivity index is 2.02. The average Bonchev–Trinajstić information content (AvgIpc) is 2.69. The van der Waals surface area contributed by atoms with Crippen LogP contribution in [0.4, 0.5) is 10.5 Å². The van der Waals surface area contributed by atoms with E-state index >= 15 is 0 Å². The number of nitrogens with one attached hydrogen (secondary N) is 1. The molecule has 2 unspecified atom stereocenters. The van der Waals surface area contributed by atoms with Gasteiger partial charge in [-0.15, -0.1) is 0 Å². The standard InChI is InChI=1S/C20H33N3O2/c1-15(2)11-17(9-10-24)12-21-20(25)23-14-18-7-5-6-8-19(18)22(4)13-16(23)3/h5-8,15-17,24H,9-14H2,1-4H3,(H,21,25). The Kier molecular flexibility index (Phi) is 7.12. The van der Waals surface area contributed by atoms with Crippen molar-refractivity contribution < 1.29 is 9.90 Å². The summed E-state index contributed by atoms with van der Waals surface area (Å²) in [5.41, 5.74) is 2.38. The van der Waals surface area contributed by atoms with Gasteiger partial charge in [-0.25, -0.2) is 4.79 Å². The maximum atomic E-state index is 12.8. The highest BCUT2D eigenvalue weighted by atomic mass is 16.3. The van der Waals surface area contributed by atoms with Gasteiger partial charge in [0.15, 0.2) is 0 Å². The summed E-state index contributed by atoms with van der Waals surface area (Å²) in [4.78, 5) is 17.0. The van der Waals surface area contributed by atoms with E-state index in [0.717, 1.165) is 19.4 Å². The average molecular weight is 348 g/mol. The quantitative estimate of drug-likeness (QED) is 0.831. The molecular formula is C20H33N3O2. The van der Waals surface area contributed by atoms with E-state index in [1.54, 1.807) is 0 Å². The molecule has 25 heavy (non-hydrogen) atoms. The van der Waals surface area contributed by atoms with Crippen LogP contribution in [0.2, 0.25) is 0 Å². The Hall–Kier alpha value is -1.75. The van der Waals surface area contributed by atoms with E-state index in [4.69, 9.17) is 0 Å². The number of para-hydroxylation sites is 1. The lowest BCUT2D eigenvalue weighted by Gasteiger charge is -2.29. The Morgan fingerprint density at radius 3 is 2.76 bits per heavy atom. The molecule has 5 heteroatoms. The van der Waals surface area contributed by atoms with Gasteiger partial charge in [0.1, 0.15) is 0 Å². The van der Waals surface area contributed by atoms with Gasteiger partial charge in [0.2, 0.25) is 0 Å². The molecule has 0 spiro atoms. The second-order valence-corrected chi connectivity index (χ2v) is 7.68. The van der Waals surface area contributed by atoms with Crippen molar-refractivity contribution >= 4 is 11.7 Å². The minimum atomic E-state index is -0.00991. The smallest absolute Gasteiger partial charge is 0.318 e. The monoisotopic (exact) mass is 347 g/mol. The van der Waals surface area contributed by atoms with Crippen molar-refractivity contribution in [2.75, 3.05) is 31.6 Å². The Labute approximate surface area is 152 Å². The zero-order valence-corrected chi connectivity index (χ0v) is 16.0. The van der Waals surface area contributed by atoms with Crippen LogP contribution >= 0.6 is 0 Å². The second-order valence-electron chi connectivity index (χ2n) is 7.68. The normalized spacial score (nSPS) is 18.7. The summed E-state index contributed by atoms with van der Waals surface area (Å²) in [7, 11) is 2.08. The van der Waals surface area contributed by atoms with Gasteiger partial charge in [0.25, 0.3) is 0 Å². The second kappa shape index (κ2) is 9.09. The maximum absolute atomic E-state index is 12.8. The van der Waals surface area contributed by atoms with Crippen molar-refractivity contribution in [3.63, 3.8) is 0 Å². The van der Waals surface area contributed by atoms with Crippen molar-refractivity contribution in [1.82, 2.24) is 10.2 Å². The molecule has 2 amide bonds. The summed E-state index contributed by atoms with van der Waals surface area (Å²) in [5.74, 6) is 0.886. The highest BCUT2D eigenvalue weighted by Gasteiger charge is 2.27. The first-order chi connectivity index (χ1) is 11.9. The summed E-state index contributed by atoms with van der Waals surface area (Å²) in [6.45, 7) is 8.69. The number of rotatable bonds is 6. The van der Waals surface area contributed by atoms with E-state index in [-0.39, 0.29) is 18.7 Å². The number of hydrogen-bond acceptors (Lipinski definition) is 3. The van der Waals surface area contributed by atoms with Gasteiger partial charge in [-0.05, 0) is 43.2 Å². The van der Waals surface area contributed by atoms with Gasteiger partial charge < -0.3 is 20.2 Å². The number of carbonyl (C=O) groups is 1. The van der Waals surface area contributed by atoms with E-state index in [1.165, 1.54) is 11.3 Å². The number of amides is 2. The molecule has 1 aromatic rings. The fourth-order valence-corrected chi connectivity index (χ4v) is 3.71. The van der Waals surface area contributed by atoms with E-state index in [1.807, 2.05) is 17.0 Å². The number of benzene rings is 1. The fourth-order valence-electron chi connectivity index (χ4n) is 3.71. The molecule has 0 saturated carbocycles. The van der Waals surface area contributed by atoms with E-state index in [0.29, 0.717) is 24.9 Å². The summed E-state index contributed by atoms with van der Waals surface area (Å²) < 4.78 is 0. The van der Waals surface area contributed by atoms with E-state index < -0.39 is 0 Å². The van der Waals surface area contributed by atoms with Gasteiger partial charge in [-0.2, -0.15) is 0 Å². The number of likely N-dealkylation sites (N-methyl/N-ethyl adjacent to an activating group) is 1. The van der Waals surface area contributed by atoms with E-state index in [9.17, 15) is 9.90 Å². The lowest BCUT2D eigenvalue weighted by molar-refractivity contribution is 0.173. The first kappa shape index (κ1) is 19.6. The lowest BCUT2D eigenvalue weighted by Crippen LogP contribution is -2.48. The number of urea groups is 1. The Morgan fingerprint density at radius 2 is 2.08 bits per heavy atom. The third-order valence-electron chi connectivity index (χ3n) is 4.96. The SMILES string of the molecule is CC(C)CC(CCO)CNC(=O)N1Cc2ccccc2N(C)CC1C. The topological polar surface area (TPSA) is 55.8 Å². The third kappa shape index (κ3) is 5.36. The summed E-state index contributed by atoms with van der Waals surface area (Å²) in [6, 6.07) is 8.41. The number of aliphatic hydroxyl groups excluding tert-OH is 1. The molecule has 0 aliphatic carbocycles. The van der Waals surface area contributed by atoms with Crippen LogP contribution < -0.4 is 10.2 Å². The van der Waals surface area contributed by atoms with Crippen molar-refractivity contribution in [1.29, 1.82) is 0 Å². The number of carbonyl (C=O) groups excluding carboxylic acids is 1. The van der Waals surface area contributed by atoms with Gasteiger partial charge in [0, 0.05) is 45.0 Å². The van der Waals surface area contributed by atoms with Crippen LogP contribution in [0.15, 0.2) is 24.3 Å². The molecule has 1 aliphatic rings. The van der Waals surface area contributed by atoms with Crippen LogP contribution in [-0.2, 0) is 6.54 Å². The molecule has 0 saturated heterocycles. The molecular weight excluding hydrogens is 314 g/mol. The Morgan fingerprint density at radius 1 is 1.36 bits per heavy atom. The molecule has 2 N–H and O–H groups in total. The third-order valence-corrected chi connectivity index (χ3v) is 4.96. The van der Waals surface area contributed by atoms with Crippen LogP contribution in [0.3, 0.4) is 0 Å². The number of anilines is 1. The van der Waals surface area contributed by atoms with Crippen molar-refractivity contribution in [3.05, 3.63) is 29.8 Å². The first-order valence-electron chi connectivity index (χ1n) is 9.36. The molecule has 0 aromatic heterocycles. The minimum absolute atomic E-state index is 0.00991. The molecule has 140 valence electrons. The van der Waals surface area contributed by atoms with Crippen molar-refractivity contribution in [2.24, 2.45) is 11.8 Å². The summed E-state index contributed by atoms with van der Waals surface area (Å²) >= 11 is 0. The predicted octanol–water partition coefficient (Wildman–Crippen LogP) is 3.08. The zero-order valence-electron chi connectivity index (χ0n) is 16.0.